The number of fused-ring (bicyclic) bond motifs is 1. The third-order valence-corrected chi connectivity index (χ3v) is 2.14. The van der Waals surface area contributed by atoms with Gasteiger partial charge in [0.2, 0.25) is 0 Å². The van der Waals surface area contributed by atoms with Crippen LogP contribution in [0.3, 0.4) is 0 Å². The number of rotatable bonds is 0. The molecule has 2 aromatic heterocycles. The fourth-order valence-corrected chi connectivity index (χ4v) is 1.67. The zero-order valence-electron chi connectivity index (χ0n) is 5.13. The zero-order valence-corrected chi connectivity index (χ0v) is 5.94. The lowest BCUT2D eigenvalue weighted by atomic mass is 10.3. The van der Waals surface area contributed by atoms with Crippen molar-refractivity contribution < 1.29 is 0 Å². The summed E-state index contributed by atoms with van der Waals surface area (Å²) in [7, 11) is 0. The fraction of sp³-hybridized carbons (Fsp3) is 0. The van der Waals surface area contributed by atoms with Gasteiger partial charge in [-0.2, -0.15) is 0 Å². The standard InChI is InChI=1S/C7H5NOS/c9-7-1-2-8-6-4-10-3-5(6)7/h1-4,8H. The smallest absolute Gasteiger partial charge is 0.190 e. The summed E-state index contributed by atoms with van der Waals surface area (Å²) in [6, 6.07) is 1.54. The van der Waals surface area contributed by atoms with E-state index < -0.39 is 0 Å². The van der Waals surface area contributed by atoms with Crippen molar-refractivity contribution >= 4 is 22.2 Å². The molecule has 0 aliphatic heterocycles. The number of hydrogen-bond acceptors (Lipinski definition) is 2. The lowest BCUT2D eigenvalue weighted by Crippen LogP contribution is -1.96. The number of aromatic nitrogens is 1. The van der Waals surface area contributed by atoms with E-state index in [4.69, 9.17) is 0 Å². The third-order valence-electron chi connectivity index (χ3n) is 1.40. The van der Waals surface area contributed by atoms with Gasteiger partial charge in [0.25, 0.3) is 0 Å². The van der Waals surface area contributed by atoms with Crippen LogP contribution in [0.2, 0.25) is 0 Å². The van der Waals surface area contributed by atoms with Gasteiger partial charge in [0.1, 0.15) is 0 Å². The van der Waals surface area contributed by atoms with Crippen LogP contribution in [-0.4, -0.2) is 4.98 Å². The highest BCUT2D eigenvalue weighted by atomic mass is 32.1. The van der Waals surface area contributed by atoms with Gasteiger partial charge < -0.3 is 4.98 Å². The summed E-state index contributed by atoms with van der Waals surface area (Å²) in [4.78, 5) is 14.0. The van der Waals surface area contributed by atoms with Crippen molar-refractivity contribution in [3.63, 3.8) is 0 Å². The first-order valence-corrected chi connectivity index (χ1v) is 3.86. The molecular formula is C7H5NOS. The van der Waals surface area contributed by atoms with E-state index in [9.17, 15) is 4.79 Å². The topological polar surface area (TPSA) is 32.9 Å². The quantitative estimate of drug-likeness (QED) is 0.609. The summed E-state index contributed by atoms with van der Waals surface area (Å²) in [6.07, 6.45) is 1.66. The highest BCUT2D eigenvalue weighted by molar-refractivity contribution is 7.09. The van der Waals surface area contributed by atoms with E-state index in [-0.39, 0.29) is 5.43 Å². The van der Waals surface area contributed by atoms with E-state index in [0.717, 1.165) is 10.9 Å². The van der Waals surface area contributed by atoms with Crippen LogP contribution in [0, 0.1) is 0 Å². The van der Waals surface area contributed by atoms with Crippen LogP contribution in [0.4, 0.5) is 0 Å². The Morgan fingerprint density at radius 2 is 2.30 bits per heavy atom. The van der Waals surface area contributed by atoms with Gasteiger partial charge in [-0.3, -0.25) is 4.79 Å². The lowest BCUT2D eigenvalue weighted by Gasteiger charge is -1.84. The molecule has 0 spiro atoms. The summed E-state index contributed by atoms with van der Waals surface area (Å²) in [6.45, 7) is 0. The van der Waals surface area contributed by atoms with Gasteiger partial charge in [0, 0.05) is 23.0 Å². The summed E-state index contributed by atoms with van der Waals surface area (Å²) in [5.41, 5.74) is 1.02. The number of thiophene rings is 1. The van der Waals surface area contributed by atoms with Crippen LogP contribution in [0.5, 0.6) is 0 Å². The van der Waals surface area contributed by atoms with E-state index in [1.54, 1.807) is 6.20 Å². The lowest BCUT2D eigenvalue weighted by molar-refractivity contribution is 1.41. The van der Waals surface area contributed by atoms with Gasteiger partial charge in [-0.1, -0.05) is 0 Å². The van der Waals surface area contributed by atoms with Crippen molar-refractivity contribution in [2.45, 2.75) is 0 Å². The van der Waals surface area contributed by atoms with Crippen molar-refractivity contribution in [3.8, 4) is 0 Å². The van der Waals surface area contributed by atoms with Gasteiger partial charge >= 0.3 is 0 Å². The van der Waals surface area contributed by atoms with Crippen LogP contribution < -0.4 is 5.43 Å². The number of hydrogen-bond donors (Lipinski definition) is 1. The van der Waals surface area contributed by atoms with Gasteiger partial charge in [-0.05, 0) is 0 Å². The normalized spacial score (nSPS) is 10.4. The predicted octanol–water partition coefficient (Wildman–Crippen LogP) is 1.59. The third kappa shape index (κ3) is 0.675. The molecule has 50 valence electrons. The van der Waals surface area contributed by atoms with Crippen LogP contribution in [0.1, 0.15) is 0 Å². The Bertz CT molecular complexity index is 401. The molecule has 0 bridgehead atoms. The van der Waals surface area contributed by atoms with Gasteiger partial charge in [-0.15, -0.1) is 11.3 Å². The second-order valence-electron chi connectivity index (χ2n) is 2.04. The van der Waals surface area contributed by atoms with Crippen molar-refractivity contribution in [3.05, 3.63) is 33.2 Å². The molecule has 0 atom stereocenters. The summed E-state index contributed by atoms with van der Waals surface area (Å²) in [5.74, 6) is 0. The number of H-pyrrole nitrogens is 1. The molecule has 2 aromatic rings. The van der Waals surface area contributed by atoms with Crippen molar-refractivity contribution in [1.29, 1.82) is 0 Å². The molecule has 0 unspecified atom stereocenters. The first kappa shape index (κ1) is 5.68. The van der Waals surface area contributed by atoms with E-state index in [1.165, 1.54) is 17.4 Å². The average molecular weight is 151 g/mol. The van der Waals surface area contributed by atoms with Crippen LogP contribution in [-0.2, 0) is 0 Å². The SMILES string of the molecule is O=c1cc[nH]c2cscc12. The first-order valence-electron chi connectivity index (χ1n) is 2.91. The molecule has 2 heterocycles. The van der Waals surface area contributed by atoms with Gasteiger partial charge in [0.05, 0.1) is 10.9 Å². The van der Waals surface area contributed by atoms with E-state index in [1.807, 2.05) is 10.8 Å². The molecule has 0 aliphatic carbocycles. The minimum atomic E-state index is 0.0926. The average Bonchev–Trinajstić information content (AvgIpc) is 2.36. The zero-order chi connectivity index (χ0) is 6.97. The second-order valence-corrected chi connectivity index (χ2v) is 2.78. The summed E-state index contributed by atoms with van der Waals surface area (Å²) >= 11 is 1.54. The van der Waals surface area contributed by atoms with Gasteiger partial charge in [0.15, 0.2) is 5.43 Å². The molecule has 10 heavy (non-hydrogen) atoms. The highest BCUT2D eigenvalue weighted by Crippen LogP contribution is 2.10. The van der Waals surface area contributed by atoms with E-state index in [2.05, 4.69) is 4.98 Å². The Balaban J connectivity index is 3.09. The maximum Gasteiger partial charge on any atom is 0.190 e. The highest BCUT2D eigenvalue weighted by Gasteiger charge is 1.95. The molecule has 0 fully saturated rings. The minimum absolute atomic E-state index is 0.0926. The molecule has 0 saturated carbocycles. The second kappa shape index (κ2) is 1.95. The van der Waals surface area contributed by atoms with Crippen LogP contribution >= 0.6 is 11.3 Å². The monoisotopic (exact) mass is 151 g/mol. The number of nitrogens with one attached hydrogen (secondary N) is 1. The van der Waals surface area contributed by atoms with Crippen molar-refractivity contribution in [2.75, 3.05) is 0 Å². The molecule has 0 amide bonds. The van der Waals surface area contributed by atoms with E-state index >= 15 is 0 Å². The van der Waals surface area contributed by atoms with Crippen molar-refractivity contribution in [2.24, 2.45) is 0 Å². The molecule has 0 radical (unpaired) electrons. The Kier molecular flexibility index (Phi) is 1.11. The molecule has 1 N–H and O–H groups in total. The predicted molar refractivity (Wildman–Crippen MR) is 42.4 cm³/mol. The molecule has 0 saturated heterocycles. The van der Waals surface area contributed by atoms with E-state index in [0.29, 0.717) is 0 Å². The first-order chi connectivity index (χ1) is 4.88. The maximum absolute atomic E-state index is 11.0. The van der Waals surface area contributed by atoms with Crippen LogP contribution in [0.15, 0.2) is 27.8 Å². The van der Waals surface area contributed by atoms with Crippen molar-refractivity contribution in [1.82, 2.24) is 4.98 Å². The summed E-state index contributed by atoms with van der Waals surface area (Å²) in [5, 5.41) is 4.57. The largest absolute Gasteiger partial charge is 0.360 e. The molecular weight excluding hydrogens is 146 g/mol. The Labute approximate surface area is 61.1 Å². The Hall–Kier alpha value is -1.09. The van der Waals surface area contributed by atoms with Crippen LogP contribution in [0.25, 0.3) is 10.9 Å². The fourth-order valence-electron chi connectivity index (χ4n) is 0.897. The number of pyridine rings is 1. The Morgan fingerprint density at radius 1 is 1.40 bits per heavy atom. The molecule has 0 aliphatic rings. The summed E-state index contributed by atoms with van der Waals surface area (Å²) < 4.78 is 0. The molecule has 0 aromatic carbocycles. The molecule has 2 nitrogen and oxygen atoms in total. The Morgan fingerprint density at radius 3 is 3.10 bits per heavy atom. The maximum atomic E-state index is 11.0. The number of aromatic amines is 1. The minimum Gasteiger partial charge on any atom is -0.360 e. The molecule has 2 rings (SSSR count). The van der Waals surface area contributed by atoms with Gasteiger partial charge in [-0.25, -0.2) is 0 Å². The molecule has 3 heteroatoms.